The van der Waals surface area contributed by atoms with E-state index in [0.717, 1.165) is 24.8 Å². The summed E-state index contributed by atoms with van der Waals surface area (Å²) in [4.78, 5) is 24.5. The van der Waals surface area contributed by atoms with Gasteiger partial charge >= 0.3 is 5.97 Å². The Balaban J connectivity index is 2.41. The van der Waals surface area contributed by atoms with Crippen LogP contribution >= 0.6 is 0 Å². The minimum atomic E-state index is -1.03. The molecule has 0 N–H and O–H groups in total. The molecule has 0 aromatic heterocycles. The number of Topliss-reactive ketones (excluding diaryl/α,β-unsaturated/α-hetero) is 1. The standard InChI is InChI=1S/C14H18O3/c1-3-17-13(16)14-8-5-4-6-11(12(14)15)10(2)7-9-14/h7,9,11H,2-6,8H2,1H3/t11-,14-/m1/s1. The summed E-state index contributed by atoms with van der Waals surface area (Å²) in [5.41, 5.74) is -0.199. The summed E-state index contributed by atoms with van der Waals surface area (Å²) in [5, 5.41) is 0. The van der Waals surface area contributed by atoms with Crippen LogP contribution in [-0.4, -0.2) is 18.4 Å². The highest BCUT2D eigenvalue weighted by Gasteiger charge is 2.50. The molecule has 0 saturated heterocycles. The maximum absolute atomic E-state index is 12.5. The molecule has 3 nitrogen and oxygen atoms in total. The third kappa shape index (κ3) is 1.84. The smallest absolute Gasteiger partial charge is 0.323 e. The molecule has 3 heteroatoms. The predicted molar refractivity (Wildman–Crippen MR) is 64.3 cm³/mol. The number of hydrogen-bond acceptors (Lipinski definition) is 3. The van der Waals surface area contributed by atoms with E-state index < -0.39 is 5.41 Å². The molecule has 0 aliphatic heterocycles. The van der Waals surface area contributed by atoms with E-state index in [9.17, 15) is 9.59 Å². The number of allylic oxidation sites excluding steroid dienone is 2. The minimum Gasteiger partial charge on any atom is -0.465 e. The number of ether oxygens (including phenoxy) is 1. The van der Waals surface area contributed by atoms with E-state index in [1.54, 1.807) is 13.0 Å². The number of rotatable bonds is 2. The van der Waals surface area contributed by atoms with Crippen LogP contribution in [0.5, 0.6) is 0 Å². The highest BCUT2D eigenvalue weighted by Crippen LogP contribution is 2.43. The van der Waals surface area contributed by atoms with E-state index in [1.807, 2.05) is 6.08 Å². The van der Waals surface area contributed by atoms with Gasteiger partial charge in [-0.3, -0.25) is 9.59 Å². The van der Waals surface area contributed by atoms with Crippen molar-refractivity contribution in [3.8, 4) is 0 Å². The largest absolute Gasteiger partial charge is 0.465 e. The summed E-state index contributed by atoms with van der Waals surface area (Å²) in [7, 11) is 0. The summed E-state index contributed by atoms with van der Waals surface area (Å²) in [5.74, 6) is -0.589. The Morgan fingerprint density at radius 1 is 1.59 bits per heavy atom. The number of carbonyl (C=O) groups is 2. The SMILES string of the molecule is C=C1C=C[C@]2(C(=O)OCC)CCCC[C@H]1C2=O. The normalized spacial score (nSPS) is 32.2. The number of hydrogen-bond donors (Lipinski definition) is 0. The Bertz CT molecular complexity index is 394. The quantitative estimate of drug-likeness (QED) is 0.544. The molecule has 1 saturated carbocycles. The zero-order valence-electron chi connectivity index (χ0n) is 10.2. The van der Waals surface area contributed by atoms with Crippen molar-refractivity contribution in [1.29, 1.82) is 0 Å². The molecular formula is C14H18O3. The first-order valence-corrected chi connectivity index (χ1v) is 6.21. The summed E-state index contributed by atoms with van der Waals surface area (Å²) < 4.78 is 5.08. The molecule has 0 aromatic rings. The molecule has 0 radical (unpaired) electrons. The van der Waals surface area contributed by atoms with Crippen LogP contribution in [0.25, 0.3) is 0 Å². The maximum Gasteiger partial charge on any atom is 0.323 e. The van der Waals surface area contributed by atoms with E-state index in [2.05, 4.69) is 6.58 Å². The summed E-state index contributed by atoms with van der Waals surface area (Å²) >= 11 is 0. The molecule has 2 aliphatic carbocycles. The fourth-order valence-corrected chi connectivity index (χ4v) is 2.73. The van der Waals surface area contributed by atoms with E-state index >= 15 is 0 Å². The average Bonchev–Trinajstić information content (AvgIpc) is 2.40. The van der Waals surface area contributed by atoms with Gasteiger partial charge in [-0.15, -0.1) is 0 Å². The number of fused-ring (bicyclic) bond motifs is 2. The first-order valence-electron chi connectivity index (χ1n) is 6.21. The third-order valence-electron chi connectivity index (χ3n) is 3.74. The fraction of sp³-hybridized carbons (Fsp3) is 0.571. The van der Waals surface area contributed by atoms with E-state index in [0.29, 0.717) is 13.0 Å². The maximum atomic E-state index is 12.5. The second-order valence-corrected chi connectivity index (χ2v) is 4.76. The lowest BCUT2D eigenvalue weighted by Crippen LogP contribution is -2.43. The summed E-state index contributed by atoms with van der Waals surface area (Å²) in [6, 6.07) is 0. The van der Waals surface area contributed by atoms with Gasteiger partial charge in [0.25, 0.3) is 0 Å². The predicted octanol–water partition coefficient (Wildman–Crippen LogP) is 2.42. The highest BCUT2D eigenvalue weighted by molar-refractivity contribution is 6.09. The van der Waals surface area contributed by atoms with Crippen LogP contribution in [0.2, 0.25) is 0 Å². The molecule has 1 fully saturated rings. The van der Waals surface area contributed by atoms with Gasteiger partial charge in [-0.25, -0.2) is 0 Å². The van der Waals surface area contributed by atoms with Crippen molar-refractivity contribution in [2.45, 2.75) is 32.6 Å². The second-order valence-electron chi connectivity index (χ2n) is 4.76. The van der Waals surface area contributed by atoms with Gasteiger partial charge in [-0.1, -0.05) is 31.6 Å². The fourth-order valence-electron chi connectivity index (χ4n) is 2.73. The first-order chi connectivity index (χ1) is 8.12. The number of ketones is 1. The van der Waals surface area contributed by atoms with Crippen molar-refractivity contribution >= 4 is 11.8 Å². The van der Waals surface area contributed by atoms with Gasteiger partial charge in [0.2, 0.25) is 0 Å². The van der Waals surface area contributed by atoms with Crippen LogP contribution in [0.1, 0.15) is 32.6 Å². The van der Waals surface area contributed by atoms with Crippen molar-refractivity contribution in [3.05, 3.63) is 24.3 Å². The zero-order chi connectivity index (χ0) is 12.5. The van der Waals surface area contributed by atoms with Crippen molar-refractivity contribution in [2.24, 2.45) is 11.3 Å². The van der Waals surface area contributed by atoms with Crippen LogP contribution in [0.15, 0.2) is 24.3 Å². The van der Waals surface area contributed by atoms with E-state index in [1.165, 1.54) is 0 Å². The van der Waals surface area contributed by atoms with Crippen LogP contribution in [-0.2, 0) is 14.3 Å². The Morgan fingerprint density at radius 3 is 3.06 bits per heavy atom. The number of carbonyl (C=O) groups excluding carboxylic acids is 2. The van der Waals surface area contributed by atoms with Crippen LogP contribution in [0, 0.1) is 11.3 Å². The minimum absolute atomic E-state index is 0.0130. The zero-order valence-corrected chi connectivity index (χ0v) is 10.2. The van der Waals surface area contributed by atoms with Crippen LogP contribution in [0.4, 0.5) is 0 Å². The van der Waals surface area contributed by atoms with Crippen molar-refractivity contribution in [2.75, 3.05) is 6.61 Å². The molecule has 2 bridgehead atoms. The van der Waals surface area contributed by atoms with Crippen molar-refractivity contribution in [1.82, 2.24) is 0 Å². The summed E-state index contributed by atoms with van der Waals surface area (Å²) in [6.45, 7) is 5.98. The molecule has 2 rings (SSSR count). The van der Waals surface area contributed by atoms with Crippen molar-refractivity contribution < 1.29 is 14.3 Å². The summed E-state index contributed by atoms with van der Waals surface area (Å²) in [6.07, 6.45) is 6.77. The van der Waals surface area contributed by atoms with E-state index in [-0.39, 0.29) is 17.7 Å². The highest BCUT2D eigenvalue weighted by atomic mass is 16.5. The molecule has 0 amide bonds. The second kappa shape index (κ2) is 4.47. The lowest BCUT2D eigenvalue weighted by Gasteiger charge is -2.32. The molecule has 17 heavy (non-hydrogen) atoms. The molecule has 2 atom stereocenters. The molecule has 2 aliphatic rings. The molecular weight excluding hydrogens is 216 g/mol. The topological polar surface area (TPSA) is 43.4 Å². The Morgan fingerprint density at radius 2 is 2.35 bits per heavy atom. The Labute approximate surface area is 102 Å². The average molecular weight is 234 g/mol. The Hall–Kier alpha value is -1.38. The molecule has 0 unspecified atom stereocenters. The lowest BCUT2D eigenvalue weighted by molar-refractivity contribution is -0.158. The van der Waals surface area contributed by atoms with Gasteiger partial charge in [0.1, 0.15) is 5.41 Å². The van der Waals surface area contributed by atoms with Gasteiger partial charge in [-0.2, -0.15) is 0 Å². The molecule has 0 heterocycles. The molecule has 92 valence electrons. The van der Waals surface area contributed by atoms with Crippen LogP contribution in [0.3, 0.4) is 0 Å². The van der Waals surface area contributed by atoms with Crippen molar-refractivity contribution in [3.63, 3.8) is 0 Å². The monoisotopic (exact) mass is 234 g/mol. The van der Waals surface area contributed by atoms with Gasteiger partial charge in [0.05, 0.1) is 6.61 Å². The number of esters is 1. The Kier molecular flexibility index (Phi) is 3.18. The first kappa shape index (κ1) is 12.1. The molecule has 0 aromatic carbocycles. The van der Waals surface area contributed by atoms with Gasteiger partial charge in [0, 0.05) is 5.92 Å². The van der Waals surface area contributed by atoms with Gasteiger partial charge in [-0.05, 0) is 25.3 Å². The lowest BCUT2D eigenvalue weighted by atomic mass is 9.70. The van der Waals surface area contributed by atoms with Crippen LogP contribution < -0.4 is 0 Å². The van der Waals surface area contributed by atoms with Gasteiger partial charge < -0.3 is 4.74 Å². The molecule has 0 spiro atoms. The third-order valence-corrected chi connectivity index (χ3v) is 3.74. The van der Waals surface area contributed by atoms with Gasteiger partial charge in [0.15, 0.2) is 5.78 Å². The van der Waals surface area contributed by atoms with E-state index in [4.69, 9.17) is 4.74 Å².